The van der Waals surface area contributed by atoms with Gasteiger partial charge in [-0.1, -0.05) is 11.3 Å². The molecule has 0 fully saturated rings. The van der Waals surface area contributed by atoms with Crippen LogP contribution in [0.2, 0.25) is 0 Å². The molecule has 2 heterocycles. The maximum Gasteiger partial charge on any atom is 0.325 e. The van der Waals surface area contributed by atoms with E-state index in [4.69, 9.17) is 0 Å². The van der Waals surface area contributed by atoms with Gasteiger partial charge in [-0.05, 0) is 31.2 Å². The molecule has 0 atom stereocenters. The minimum atomic E-state index is -0.530. The molecule has 0 saturated heterocycles. The molecule has 0 N–H and O–H groups in total. The molecule has 0 saturated carbocycles. The number of thiazole rings is 1. The first-order valence-corrected chi connectivity index (χ1v) is 8.31. The third-order valence-electron chi connectivity index (χ3n) is 3.54. The number of benzene rings is 1. The third-order valence-corrected chi connectivity index (χ3v) is 4.58. The lowest BCUT2D eigenvalue weighted by Gasteiger charge is -2.03. The van der Waals surface area contributed by atoms with E-state index in [0.29, 0.717) is 16.8 Å². The molecule has 0 spiro atoms. The summed E-state index contributed by atoms with van der Waals surface area (Å²) in [6.07, 6.45) is 1.69. The first-order chi connectivity index (χ1) is 12.0. The molecule has 0 aliphatic heterocycles. The fraction of sp³-hybridized carbons (Fsp3) is 0.250. The van der Waals surface area contributed by atoms with Crippen LogP contribution in [0.5, 0.6) is 0 Å². The Kier molecular flexibility index (Phi) is 4.75. The number of nitrogens with zero attached hydrogens (tertiary/aromatic N) is 4. The number of ether oxygens (including phenoxy) is 1. The molecule has 1 aromatic carbocycles. The lowest BCUT2D eigenvalue weighted by atomic mass is 10.3. The summed E-state index contributed by atoms with van der Waals surface area (Å²) >= 11 is 1.12. The molecule has 0 unspecified atom stereocenters. The Morgan fingerprint density at radius 2 is 2.16 bits per heavy atom. The molecule has 3 aromatic rings. The van der Waals surface area contributed by atoms with Gasteiger partial charge in [0.05, 0.1) is 17.3 Å². The molecule has 0 bridgehead atoms. The summed E-state index contributed by atoms with van der Waals surface area (Å²) in [4.78, 5) is 28.4. The van der Waals surface area contributed by atoms with Crippen molar-refractivity contribution in [1.82, 2.24) is 14.3 Å². The number of halogens is 1. The van der Waals surface area contributed by atoms with E-state index in [9.17, 15) is 14.0 Å². The van der Waals surface area contributed by atoms with Gasteiger partial charge in [-0.15, -0.1) is 0 Å². The Balaban J connectivity index is 2.11. The number of aromatic nitrogens is 3. The van der Waals surface area contributed by atoms with Crippen molar-refractivity contribution >= 4 is 33.4 Å². The van der Waals surface area contributed by atoms with E-state index in [1.165, 1.54) is 23.8 Å². The number of esters is 1. The predicted molar refractivity (Wildman–Crippen MR) is 89.6 cm³/mol. The van der Waals surface area contributed by atoms with Crippen molar-refractivity contribution in [2.45, 2.75) is 20.0 Å². The number of amides is 1. The smallest absolute Gasteiger partial charge is 0.325 e. The zero-order valence-electron chi connectivity index (χ0n) is 13.6. The van der Waals surface area contributed by atoms with Gasteiger partial charge in [0, 0.05) is 12.7 Å². The van der Waals surface area contributed by atoms with E-state index in [0.717, 1.165) is 11.3 Å². The molecule has 3 rings (SSSR count). The van der Waals surface area contributed by atoms with E-state index in [1.807, 2.05) is 6.92 Å². The number of aryl methyl sites for hydroxylation is 1. The zero-order valence-corrected chi connectivity index (χ0v) is 14.4. The Labute approximate surface area is 146 Å². The highest BCUT2D eigenvalue weighted by atomic mass is 32.1. The molecule has 2 aromatic heterocycles. The van der Waals surface area contributed by atoms with E-state index in [-0.39, 0.29) is 17.0 Å². The van der Waals surface area contributed by atoms with E-state index >= 15 is 0 Å². The molecule has 25 heavy (non-hydrogen) atoms. The SMILES string of the molecule is CCn1ccc(C(=O)N=c2sc3cc(F)ccc3n2CC(=O)OC)n1. The standard InChI is InChI=1S/C16H15FN4O3S/c1-3-20-7-6-11(19-20)15(23)18-16-21(9-14(22)24-2)12-5-4-10(17)8-13(12)25-16/h4-8H,3,9H2,1-2H3. The van der Waals surface area contributed by atoms with Crippen LogP contribution in [0.3, 0.4) is 0 Å². The summed E-state index contributed by atoms with van der Waals surface area (Å²) in [5.74, 6) is -1.43. The van der Waals surface area contributed by atoms with Gasteiger partial charge in [-0.25, -0.2) is 4.39 Å². The van der Waals surface area contributed by atoms with Gasteiger partial charge in [0.1, 0.15) is 12.4 Å². The number of carbonyl (C=O) groups excluding carboxylic acids is 2. The maximum absolute atomic E-state index is 13.5. The summed E-state index contributed by atoms with van der Waals surface area (Å²) in [5, 5.41) is 4.12. The zero-order chi connectivity index (χ0) is 18.0. The van der Waals surface area contributed by atoms with Gasteiger partial charge >= 0.3 is 5.97 Å². The number of rotatable bonds is 4. The Hall–Kier alpha value is -2.81. The molecule has 0 aliphatic rings. The van der Waals surface area contributed by atoms with Crippen molar-refractivity contribution in [3.05, 3.63) is 46.8 Å². The number of methoxy groups -OCH3 is 1. The monoisotopic (exact) mass is 362 g/mol. The van der Waals surface area contributed by atoms with Crippen molar-refractivity contribution in [2.75, 3.05) is 7.11 Å². The van der Waals surface area contributed by atoms with Gasteiger partial charge in [-0.3, -0.25) is 14.3 Å². The Morgan fingerprint density at radius 3 is 2.84 bits per heavy atom. The lowest BCUT2D eigenvalue weighted by Crippen LogP contribution is -2.22. The Bertz CT molecular complexity index is 1020. The highest BCUT2D eigenvalue weighted by Crippen LogP contribution is 2.19. The third kappa shape index (κ3) is 3.50. The fourth-order valence-corrected chi connectivity index (χ4v) is 3.33. The van der Waals surface area contributed by atoms with Crippen LogP contribution in [-0.4, -0.2) is 33.3 Å². The topological polar surface area (TPSA) is 78.5 Å². The Morgan fingerprint density at radius 1 is 1.36 bits per heavy atom. The van der Waals surface area contributed by atoms with Crippen LogP contribution in [0.4, 0.5) is 4.39 Å². The van der Waals surface area contributed by atoms with Crippen LogP contribution in [0.1, 0.15) is 17.4 Å². The highest BCUT2D eigenvalue weighted by molar-refractivity contribution is 7.16. The van der Waals surface area contributed by atoms with Crippen molar-refractivity contribution in [3.8, 4) is 0 Å². The minimum absolute atomic E-state index is 0.127. The van der Waals surface area contributed by atoms with Crippen molar-refractivity contribution < 1.29 is 18.7 Å². The van der Waals surface area contributed by atoms with Gasteiger partial charge in [0.2, 0.25) is 0 Å². The largest absolute Gasteiger partial charge is 0.468 e. The second-order valence-corrected chi connectivity index (χ2v) is 6.14. The predicted octanol–water partition coefficient (Wildman–Crippen LogP) is 1.97. The summed E-state index contributed by atoms with van der Waals surface area (Å²) < 4.78 is 21.9. The van der Waals surface area contributed by atoms with Gasteiger partial charge in [0.15, 0.2) is 10.5 Å². The van der Waals surface area contributed by atoms with Crippen LogP contribution < -0.4 is 4.80 Å². The summed E-state index contributed by atoms with van der Waals surface area (Å²) in [6, 6.07) is 5.74. The van der Waals surface area contributed by atoms with Crippen LogP contribution in [0.25, 0.3) is 10.2 Å². The van der Waals surface area contributed by atoms with Crippen molar-refractivity contribution in [2.24, 2.45) is 4.99 Å². The van der Waals surface area contributed by atoms with E-state index in [2.05, 4.69) is 14.8 Å². The molecule has 130 valence electrons. The maximum atomic E-state index is 13.5. The second kappa shape index (κ2) is 6.98. The summed E-state index contributed by atoms with van der Waals surface area (Å²) in [5.41, 5.74) is 0.803. The van der Waals surface area contributed by atoms with Crippen molar-refractivity contribution in [3.63, 3.8) is 0 Å². The quantitative estimate of drug-likeness (QED) is 0.665. The second-order valence-electron chi connectivity index (χ2n) is 5.13. The highest BCUT2D eigenvalue weighted by Gasteiger charge is 2.14. The molecular weight excluding hydrogens is 347 g/mol. The molecular formula is C16H15FN4O3S. The average molecular weight is 362 g/mol. The summed E-state index contributed by atoms with van der Waals surface area (Å²) in [6.45, 7) is 2.42. The van der Waals surface area contributed by atoms with Crippen molar-refractivity contribution in [1.29, 1.82) is 0 Å². The normalized spacial score (nSPS) is 11.9. The lowest BCUT2D eigenvalue weighted by molar-refractivity contribution is -0.141. The van der Waals surface area contributed by atoms with Crippen LogP contribution >= 0.6 is 11.3 Å². The molecule has 7 nitrogen and oxygen atoms in total. The average Bonchev–Trinajstić information content (AvgIpc) is 3.20. The minimum Gasteiger partial charge on any atom is -0.468 e. The number of fused-ring (bicyclic) bond motifs is 1. The van der Waals surface area contributed by atoms with E-state index < -0.39 is 17.7 Å². The van der Waals surface area contributed by atoms with Gasteiger partial charge < -0.3 is 9.30 Å². The van der Waals surface area contributed by atoms with Crippen LogP contribution in [0, 0.1) is 5.82 Å². The summed E-state index contributed by atoms with van der Waals surface area (Å²) in [7, 11) is 1.27. The number of hydrogen-bond donors (Lipinski definition) is 0. The number of carbonyl (C=O) groups is 2. The fourth-order valence-electron chi connectivity index (χ4n) is 2.27. The molecule has 1 amide bonds. The first-order valence-electron chi connectivity index (χ1n) is 7.50. The molecule has 9 heteroatoms. The van der Waals surface area contributed by atoms with Crippen LogP contribution in [-0.2, 0) is 22.6 Å². The van der Waals surface area contributed by atoms with Gasteiger partial charge in [-0.2, -0.15) is 10.1 Å². The first kappa shape index (κ1) is 17.0. The van der Waals surface area contributed by atoms with Gasteiger partial charge in [0.25, 0.3) is 5.91 Å². The number of hydrogen-bond acceptors (Lipinski definition) is 5. The molecule has 0 aliphatic carbocycles. The van der Waals surface area contributed by atoms with Crippen LogP contribution in [0.15, 0.2) is 35.5 Å². The van der Waals surface area contributed by atoms with E-state index in [1.54, 1.807) is 23.0 Å². The molecule has 0 radical (unpaired) electrons.